The largest absolute Gasteiger partial charge is 0.243 e. The Balaban J connectivity index is 2.01. The van der Waals surface area contributed by atoms with Crippen LogP contribution in [-0.2, 0) is 6.54 Å². The lowest BCUT2D eigenvalue weighted by molar-refractivity contribution is -0.707. The lowest BCUT2D eigenvalue weighted by Gasteiger charge is -2.07. The summed E-state index contributed by atoms with van der Waals surface area (Å²) < 4.78 is 1.49. The molecule has 0 saturated carbocycles. The van der Waals surface area contributed by atoms with Crippen molar-refractivity contribution in [3.05, 3.63) is 47.7 Å². The zero-order valence-electron chi connectivity index (χ0n) is 7.79. The predicted octanol–water partition coefficient (Wildman–Crippen LogP) is 1.56. The second kappa shape index (κ2) is 3.99. The van der Waals surface area contributed by atoms with Crippen molar-refractivity contribution in [2.24, 2.45) is 0 Å². The molecule has 0 aliphatic carbocycles. The first-order chi connectivity index (χ1) is 6.34. The molecule has 68 valence electrons. The zero-order chi connectivity index (χ0) is 9.10. The molecule has 0 bridgehead atoms. The summed E-state index contributed by atoms with van der Waals surface area (Å²) in [5.41, 5.74) is 2.75. The van der Waals surface area contributed by atoms with Crippen molar-refractivity contribution in [1.82, 2.24) is 0 Å². The fourth-order valence-corrected chi connectivity index (χ4v) is 2.27. The molecular weight excluding hydrogens is 178 g/mol. The number of aryl methyl sites for hydroxylation is 1. The van der Waals surface area contributed by atoms with Gasteiger partial charge in [0.1, 0.15) is 12.7 Å². The van der Waals surface area contributed by atoms with E-state index in [1.807, 2.05) is 11.9 Å². The standard InChI is InChI=1S/C11H13NS/c1-10-3-5-11(6-4-10)9-12-7-2-8-13-12/h2-7H,8-9H2,1H3/p+1. The summed E-state index contributed by atoms with van der Waals surface area (Å²) in [5.74, 6) is 1.15. The average molecular weight is 192 g/mol. The van der Waals surface area contributed by atoms with Crippen LogP contribution in [0.4, 0.5) is 0 Å². The van der Waals surface area contributed by atoms with Crippen molar-refractivity contribution < 1.29 is 4.31 Å². The minimum absolute atomic E-state index is 1.10. The predicted molar refractivity (Wildman–Crippen MR) is 57.4 cm³/mol. The summed E-state index contributed by atoms with van der Waals surface area (Å²) >= 11 is 1.95. The van der Waals surface area contributed by atoms with E-state index in [2.05, 4.69) is 43.5 Å². The summed E-state index contributed by atoms with van der Waals surface area (Å²) in [6.07, 6.45) is 4.47. The van der Waals surface area contributed by atoms with E-state index in [4.69, 9.17) is 0 Å². The molecule has 0 spiro atoms. The Kier molecular flexibility index (Phi) is 2.71. The first-order valence-electron chi connectivity index (χ1n) is 4.55. The molecule has 1 aliphatic heterocycles. The van der Waals surface area contributed by atoms with Crippen molar-refractivity contribution in [3.63, 3.8) is 0 Å². The van der Waals surface area contributed by atoms with E-state index in [0.29, 0.717) is 0 Å². The molecular formula is C11H14NS+. The van der Waals surface area contributed by atoms with Crippen LogP contribution >= 0.6 is 11.9 Å². The second-order valence-corrected chi connectivity index (χ2v) is 4.49. The molecule has 2 rings (SSSR count). The van der Waals surface area contributed by atoms with Crippen LogP contribution in [0.3, 0.4) is 0 Å². The Hall–Kier alpha value is -0.730. The maximum atomic E-state index is 2.24. The molecule has 1 unspecified atom stereocenters. The van der Waals surface area contributed by atoms with Crippen LogP contribution in [0.1, 0.15) is 11.1 Å². The first-order valence-corrected chi connectivity index (χ1v) is 5.54. The highest BCUT2D eigenvalue weighted by Gasteiger charge is 2.11. The van der Waals surface area contributed by atoms with E-state index >= 15 is 0 Å². The molecule has 1 heterocycles. The fraction of sp³-hybridized carbons (Fsp3) is 0.273. The van der Waals surface area contributed by atoms with Crippen LogP contribution in [0.5, 0.6) is 0 Å². The summed E-state index contributed by atoms with van der Waals surface area (Å²) in [6.45, 7) is 3.22. The average Bonchev–Trinajstić information content (AvgIpc) is 2.62. The molecule has 0 aromatic heterocycles. The third kappa shape index (κ3) is 2.36. The van der Waals surface area contributed by atoms with Gasteiger partial charge in [0.25, 0.3) is 0 Å². The SMILES string of the molecule is Cc1ccc(C[NH+]2C=CCS2)cc1. The van der Waals surface area contributed by atoms with E-state index in [0.717, 1.165) is 12.3 Å². The Morgan fingerprint density at radius 1 is 1.31 bits per heavy atom. The molecule has 1 nitrogen and oxygen atoms in total. The maximum Gasteiger partial charge on any atom is 0.118 e. The summed E-state index contributed by atoms with van der Waals surface area (Å²) in [6, 6.07) is 8.79. The lowest BCUT2D eigenvalue weighted by atomic mass is 10.1. The van der Waals surface area contributed by atoms with Gasteiger partial charge in [-0.3, -0.25) is 0 Å². The maximum absolute atomic E-state index is 2.24. The number of hydrogen-bond donors (Lipinski definition) is 1. The topological polar surface area (TPSA) is 4.44 Å². The molecule has 13 heavy (non-hydrogen) atoms. The highest BCUT2D eigenvalue weighted by atomic mass is 32.2. The van der Waals surface area contributed by atoms with Crippen LogP contribution in [0.15, 0.2) is 36.5 Å². The third-order valence-electron chi connectivity index (χ3n) is 2.17. The molecule has 2 heteroatoms. The van der Waals surface area contributed by atoms with Gasteiger partial charge < -0.3 is 0 Å². The van der Waals surface area contributed by atoms with Crippen molar-refractivity contribution >= 4 is 11.9 Å². The number of quaternary nitrogens is 1. The molecule has 1 N–H and O–H groups in total. The normalized spacial score (nSPS) is 20.8. The van der Waals surface area contributed by atoms with Gasteiger partial charge in [-0.05, 0) is 13.0 Å². The monoisotopic (exact) mass is 192 g/mol. The van der Waals surface area contributed by atoms with E-state index in [1.54, 1.807) is 0 Å². The molecule has 1 aromatic carbocycles. The number of hydrogen-bond acceptors (Lipinski definition) is 1. The Morgan fingerprint density at radius 3 is 2.69 bits per heavy atom. The summed E-state index contributed by atoms with van der Waals surface area (Å²) in [7, 11) is 0. The van der Waals surface area contributed by atoms with Crippen LogP contribution < -0.4 is 4.31 Å². The molecule has 0 radical (unpaired) electrons. The molecule has 1 atom stereocenters. The van der Waals surface area contributed by atoms with E-state index < -0.39 is 0 Å². The smallest absolute Gasteiger partial charge is 0.118 e. The second-order valence-electron chi connectivity index (χ2n) is 3.34. The zero-order valence-corrected chi connectivity index (χ0v) is 8.60. The van der Waals surface area contributed by atoms with Gasteiger partial charge in [-0.25, -0.2) is 4.31 Å². The molecule has 0 saturated heterocycles. The Labute approximate surface area is 83.6 Å². The number of rotatable bonds is 2. The van der Waals surface area contributed by atoms with Gasteiger partial charge in [-0.2, -0.15) is 0 Å². The Bertz CT molecular complexity index is 302. The highest BCUT2D eigenvalue weighted by molar-refractivity contribution is 7.93. The van der Waals surface area contributed by atoms with Gasteiger partial charge >= 0.3 is 0 Å². The first kappa shape index (κ1) is 8.85. The van der Waals surface area contributed by atoms with Gasteiger partial charge in [0, 0.05) is 5.56 Å². The van der Waals surface area contributed by atoms with Crippen LogP contribution in [0, 0.1) is 6.92 Å². The third-order valence-corrected chi connectivity index (χ3v) is 3.18. The van der Waals surface area contributed by atoms with Gasteiger partial charge in [0.05, 0.1) is 17.7 Å². The quantitative estimate of drug-likeness (QED) is 0.697. The Morgan fingerprint density at radius 2 is 2.08 bits per heavy atom. The van der Waals surface area contributed by atoms with E-state index in [9.17, 15) is 0 Å². The van der Waals surface area contributed by atoms with Gasteiger partial charge in [-0.15, -0.1) is 0 Å². The van der Waals surface area contributed by atoms with Crippen molar-refractivity contribution in [3.8, 4) is 0 Å². The summed E-state index contributed by atoms with van der Waals surface area (Å²) in [5, 5.41) is 0. The lowest BCUT2D eigenvalue weighted by Crippen LogP contribution is -2.97. The van der Waals surface area contributed by atoms with Crippen molar-refractivity contribution in [2.75, 3.05) is 5.75 Å². The van der Waals surface area contributed by atoms with Gasteiger partial charge in [0.2, 0.25) is 0 Å². The minimum Gasteiger partial charge on any atom is -0.243 e. The number of nitrogens with one attached hydrogen (secondary N) is 1. The van der Waals surface area contributed by atoms with Crippen molar-refractivity contribution in [1.29, 1.82) is 0 Å². The van der Waals surface area contributed by atoms with Gasteiger partial charge in [0.15, 0.2) is 0 Å². The van der Waals surface area contributed by atoms with E-state index in [-0.39, 0.29) is 0 Å². The summed E-state index contributed by atoms with van der Waals surface area (Å²) in [4.78, 5) is 0. The van der Waals surface area contributed by atoms with Crippen LogP contribution in [0.2, 0.25) is 0 Å². The molecule has 0 amide bonds. The number of benzene rings is 1. The minimum atomic E-state index is 1.10. The van der Waals surface area contributed by atoms with E-state index in [1.165, 1.54) is 15.4 Å². The molecule has 1 aromatic rings. The van der Waals surface area contributed by atoms with Gasteiger partial charge in [-0.1, -0.05) is 29.8 Å². The van der Waals surface area contributed by atoms with Crippen molar-refractivity contribution in [2.45, 2.75) is 13.5 Å². The van der Waals surface area contributed by atoms with Crippen LogP contribution in [-0.4, -0.2) is 5.75 Å². The molecule has 0 fully saturated rings. The van der Waals surface area contributed by atoms with Crippen LogP contribution in [0.25, 0.3) is 0 Å². The highest BCUT2D eigenvalue weighted by Crippen LogP contribution is 2.03. The fourth-order valence-electron chi connectivity index (χ4n) is 1.40. The molecule has 1 aliphatic rings.